The van der Waals surface area contributed by atoms with Crippen molar-refractivity contribution in [1.82, 2.24) is 9.97 Å². The second kappa shape index (κ2) is 8.97. The predicted octanol–water partition coefficient (Wildman–Crippen LogP) is 4.27. The van der Waals surface area contributed by atoms with Crippen molar-refractivity contribution in [3.8, 4) is 0 Å². The number of para-hydroxylation sites is 1. The van der Waals surface area contributed by atoms with E-state index in [9.17, 15) is 9.59 Å². The van der Waals surface area contributed by atoms with Crippen LogP contribution in [0.2, 0.25) is 0 Å². The number of hydrogen-bond donors (Lipinski definition) is 2. The van der Waals surface area contributed by atoms with Crippen molar-refractivity contribution < 1.29 is 14.3 Å². The summed E-state index contributed by atoms with van der Waals surface area (Å²) in [4.78, 5) is 32.8. The van der Waals surface area contributed by atoms with Crippen molar-refractivity contribution in [2.24, 2.45) is 0 Å². The molecule has 0 saturated carbocycles. The first-order chi connectivity index (χ1) is 14.0. The molecule has 1 aromatic heterocycles. The monoisotopic (exact) mass is 390 g/mol. The highest BCUT2D eigenvalue weighted by molar-refractivity contribution is 6.04. The molecule has 29 heavy (non-hydrogen) atoms. The van der Waals surface area contributed by atoms with Gasteiger partial charge < -0.3 is 15.4 Å². The maximum atomic E-state index is 12.4. The number of hydrogen-bond acceptors (Lipinski definition) is 6. The summed E-state index contributed by atoms with van der Waals surface area (Å²) in [7, 11) is 0. The zero-order valence-corrected chi connectivity index (χ0v) is 16.5. The number of nitrogens with zero attached hydrogens (tertiary/aromatic N) is 2. The zero-order chi connectivity index (χ0) is 20.8. The Morgan fingerprint density at radius 2 is 1.72 bits per heavy atom. The first-order valence-corrected chi connectivity index (χ1v) is 9.21. The van der Waals surface area contributed by atoms with Gasteiger partial charge in [0.05, 0.1) is 23.4 Å². The van der Waals surface area contributed by atoms with Gasteiger partial charge in [0, 0.05) is 18.1 Å². The number of ether oxygens (including phenoxy) is 1. The summed E-state index contributed by atoms with van der Waals surface area (Å²) in [5.74, 6) is -0.462. The maximum absolute atomic E-state index is 12.4. The molecule has 0 fully saturated rings. The number of benzene rings is 2. The number of esters is 1. The summed E-state index contributed by atoms with van der Waals surface area (Å²) >= 11 is 0. The Morgan fingerprint density at radius 3 is 2.41 bits per heavy atom. The van der Waals surface area contributed by atoms with Crippen LogP contribution in [0.25, 0.3) is 0 Å². The van der Waals surface area contributed by atoms with Crippen molar-refractivity contribution in [2.45, 2.75) is 20.8 Å². The van der Waals surface area contributed by atoms with Gasteiger partial charge in [0.1, 0.15) is 0 Å². The lowest BCUT2D eigenvalue weighted by Crippen LogP contribution is -2.13. The van der Waals surface area contributed by atoms with Crippen LogP contribution in [0.1, 0.15) is 38.8 Å². The van der Waals surface area contributed by atoms with Gasteiger partial charge in [0.15, 0.2) is 0 Å². The number of anilines is 3. The van der Waals surface area contributed by atoms with E-state index in [1.165, 1.54) is 12.4 Å². The van der Waals surface area contributed by atoms with Gasteiger partial charge in [0.2, 0.25) is 5.95 Å². The third-order valence-corrected chi connectivity index (χ3v) is 4.35. The molecule has 148 valence electrons. The molecule has 2 N–H and O–H groups in total. The topological polar surface area (TPSA) is 93.2 Å². The fraction of sp³-hybridized carbons (Fsp3) is 0.182. The van der Waals surface area contributed by atoms with E-state index in [-0.39, 0.29) is 18.5 Å². The van der Waals surface area contributed by atoms with E-state index < -0.39 is 5.97 Å². The van der Waals surface area contributed by atoms with Crippen molar-refractivity contribution in [3.63, 3.8) is 0 Å². The summed E-state index contributed by atoms with van der Waals surface area (Å²) in [6, 6.07) is 12.6. The van der Waals surface area contributed by atoms with Gasteiger partial charge in [-0.1, -0.05) is 18.2 Å². The molecule has 0 aliphatic rings. The van der Waals surface area contributed by atoms with Crippen LogP contribution in [-0.4, -0.2) is 28.5 Å². The van der Waals surface area contributed by atoms with Crippen LogP contribution in [0.3, 0.4) is 0 Å². The molecule has 0 saturated heterocycles. The Kier molecular flexibility index (Phi) is 6.19. The molecule has 0 atom stereocenters. The van der Waals surface area contributed by atoms with Gasteiger partial charge in [-0.05, 0) is 56.2 Å². The molecule has 0 aliphatic carbocycles. The van der Waals surface area contributed by atoms with Crippen LogP contribution in [0.4, 0.5) is 17.3 Å². The summed E-state index contributed by atoms with van der Waals surface area (Å²) in [5.41, 5.74) is 4.20. The number of aromatic nitrogens is 2. The van der Waals surface area contributed by atoms with E-state index in [0.29, 0.717) is 22.5 Å². The molecule has 0 spiro atoms. The summed E-state index contributed by atoms with van der Waals surface area (Å²) in [5, 5.41) is 5.82. The molecule has 0 aliphatic heterocycles. The molecule has 7 nitrogen and oxygen atoms in total. The van der Waals surface area contributed by atoms with E-state index in [1.807, 2.05) is 32.0 Å². The minimum atomic E-state index is -0.431. The van der Waals surface area contributed by atoms with Crippen LogP contribution >= 0.6 is 0 Å². The van der Waals surface area contributed by atoms with Crippen LogP contribution in [0.5, 0.6) is 0 Å². The number of nitrogens with one attached hydrogen (secondary N) is 2. The molecule has 0 bridgehead atoms. The first-order valence-electron chi connectivity index (χ1n) is 9.21. The minimum absolute atomic E-state index is 0.268. The summed E-state index contributed by atoms with van der Waals surface area (Å²) in [6.45, 7) is 6.04. The number of amides is 1. The standard InChI is InChI=1S/C22H22N4O3/c1-4-29-21(28)18-7-5-6-8-19(18)26-22-23-12-16(13-24-22)20(27)25-17-10-9-14(2)15(3)11-17/h5-13H,4H2,1-3H3,(H,25,27)(H,23,24,26). The number of carbonyl (C=O) groups is 2. The van der Waals surface area contributed by atoms with Gasteiger partial charge in [-0.3, -0.25) is 4.79 Å². The second-order valence-electron chi connectivity index (χ2n) is 6.44. The van der Waals surface area contributed by atoms with Crippen molar-refractivity contribution in [2.75, 3.05) is 17.2 Å². The maximum Gasteiger partial charge on any atom is 0.340 e. The van der Waals surface area contributed by atoms with Crippen molar-refractivity contribution in [3.05, 3.63) is 77.1 Å². The summed E-state index contributed by atoms with van der Waals surface area (Å²) in [6.07, 6.45) is 2.86. The molecule has 3 rings (SSSR count). The van der Waals surface area contributed by atoms with Crippen molar-refractivity contribution in [1.29, 1.82) is 0 Å². The molecular formula is C22H22N4O3. The Bertz CT molecular complexity index is 1030. The van der Waals surface area contributed by atoms with E-state index in [0.717, 1.165) is 11.1 Å². The highest BCUT2D eigenvalue weighted by Crippen LogP contribution is 2.20. The molecule has 3 aromatic rings. The molecular weight excluding hydrogens is 368 g/mol. The van der Waals surface area contributed by atoms with Crippen LogP contribution in [0, 0.1) is 13.8 Å². The lowest BCUT2D eigenvalue weighted by atomic mass is 10.1. The van der Waals surface area contributed by atoms with E-state index in [1.54, 1.807) is 31.2 Å². The van der Waals surface area contributed by atoms with Crippen molar-refractivity contribution >= 4 is 29.2 Å². The molecule has 1 heterocycles. The molecule has 0 unspecified atom stereocenters. The minimum Gasteiger partial charge on any atom is -0.462 e. The Hall–Kier alpha value is -3.74. The number of carbonyl (C=O) groups excluding carboxylic acids is 2. The van der Waals surface area contributed by atoms with Crippen LogP contribution < -0.4 is 10.6 Å². The average molecular weight is 390 g/mol. The van der Waals surface area contributed by atoms with Crippen LogP contribution in [-0.2, 0) is 4.74 Å². The lowest BCUT2D eigenvalue weighted by molar-refractivity contribution is 0.0527. The van der Waals surface area contributed by atoms with Gasteiger partial charge >= 0.3 is 5.97 Å². The normalized spacial score (nSPS) is 10.3. The Labute approximate surface area is 169 Å². The van der Waals surface area contributed by atoms with E-state index in [4.69, 9.17) is 4.74 Å². The third-order valence-electron chi connectivity index (χ3n) is 4.35. The smallest absolute Gasteiger partial charge is 0.340 e. The van der Waals surface area contributed by atoms with Gasteiger partial charge in [-0.15, -0.1) is 0 Å². The largest absolute Gasteiger partial charge is 0.462 e. The first kappa shape index (κ1) is 20.0. The van der Waals surface area contributed by atoms with Gasteiger partial charge in [0.25, 0.3) is 5.91 Å². The Morgan fingerprint density at radius 1 is 1.00 bits per heavy atom. The fourth-order valence-electron chi connectivity index (χ4n) is 2.63. The lowest BCUT2D eigenvalue weighted by Gasteiger charge is -2.10. The second-order valence-corrected chi connectivity index (χ2v) is 6.44. The summed E-state index contributed by atoms with van der Waals surface area (Å²) < 4.78 is 5.06. The van der Waals surface area contributed by atoms with Gasteiger partial charge in [-0.2, -0.15) is 0 Å². The quantitative estimate of drug-likeness (QED) is 0.611. The van der Waals surface area contributed by atoms with E-state index >= 15 is 0 Å². The number of rotatable bonds is 6. The molecule has 1 amide bonds. The fourth-order valence-corrected chi connectivity index (χ4v) is 2.63. The SMILES string of the molecule is CCOC(=O)c1ccccc1Nc1ncc(C(=O)Nc2ccc(C)c(C)c2)cn1. The van der Waals surface area contributed by atoms with E-state index in [2.05, 4.69) is 20.6 Å². The molecule has 7 heteroatoms. The predicted molar refractivity (Wildman–Crippen MR) is 112 cm³/mol. The number of aryl methyl sites for hydroxylation is 2. The average Bonchev–Trinajstić information content (AvgIpc) is 2.72. The molecule has 2 aromatic carbocycles. The third kappa shape index (κ3) is 4.95. The highest BCUT2D eigenvalue weighted by atomic mass is 16.5. The zero-order valence-electron chi connectivity index (χ0n) is 16.5. The van der Waals surface area contributed by atoms with Gasteiger partial charge in [-0.25, -0.2) is 14.8 Å². The molecule has 0 radical (unpaired) electrons. The highest BCUT2D eigenvalue weighted by Gasteiger charge is 2.13. The Balaban J connectivity index is 1.71. The van der Waals surface area contributed by atoms with Crippen LogP contribution in [0.15, 0.2) is 54.9 Å².